The van der Waals surface area contributed by atoms with Crippen molar-refractivity contribution in [1.29, 1.82) is 0 Å². The molecule has 0 aromatic heterocycles. The van der Waals surface area contributed by atoms with Crippen LogP contribution in [0.4, 0.5) is 0 Å². The first-order valence-electron chi connectivity index (χ1n) is 11.8. The molecule has 1 saturated heterocycles. The number of aliphatic hydroxyl groups is 1. The molecule has 1 fully saturated rings. The van der Waals surface area contributed by atoms with Gasteiger partial charge in [-0.05, 0) is 60.1 Å². The van der Waals surface area contributed by atoms with Gasteiger partial charge in [0, 0.05) is 25.6 Å². The summed E-state index contributed by atoms with van der Waals surface area (Å²) in [5.74, 6) is -1.07. The number of benzene rings is 2. The van der Waals surface area contributed by atoms with Gasteiger partial charge in [-0.15, -0.1) is 0 Å². The molecule has 0 aliphatic carbocycles. The second kappa shape index (κ2) is 12.5. The Labute approximate surface area is 206 Å². The highest BCUT2D eigenvalue weighted by atomic mass is 16.6. The van der Waals surface area contributed by atoms with Gasteiger partial charge in [0.25, 0.3) is 5.91 Å². The number of nitrogens with one attached hydrogen (secondary N) is 1. The van der Waals surface area contributed by atoms with Crippen LogP contribution in [0.15, 0.2) is 41.6 Å². The van der Waals surface area contributed by atoms with Crippen molar-refractivity contribution in [3.8, 4) is 11.1 Å². The van der Waals surface area contributed by atoms with Gasteiger partial charge in [-0.2, -0.15) is 0 Å². The van der Waals surface area contributed by atoms with Gasteiger partial charge < -0.3 is 24.7 Å². The molecule has 8 heteroatoms. The molecule has 1 aliphatic heterocycles. The first-order valence-corrected chi connectivity index (χ1v) is 11.8. The molecular weight excluding hydrogens is 448 g/mol. The third kappa shape index (κ3) is 6.68. The quantitative estimate of drug-likeness (QED) is 0.323. The molecule has 0 bridgehead atoms. The van der Waals surface area contributed by atoms with Crippen LogP contribution < -0.4 is 5.32 Å². The number of aliphatic hydroxyl groups excluding tert-OH is 1. The monoisotopic (exact) mass is 482 g/mol. The second-order valence-electron chi connectivity index (χ2n) is 8.76. The van der Waals surface area contributed by atoms with Crippen molar-refractivity contribution in [2.75, 3.05) is 27.4 Å². The van der Waals surface area contributed by atoms with E-state index in [1.54, 1.807) is 0 Å². The van der Waals surface area contributed by atoms with Crippen LogP contribution >= 0.6 is 0 Å². The van der Waals surface area contributed by atoms with Crippen LogP contribution in [0, 0.1) is 19.8 Å². The van der Waals surface area contributed by atoms with E-state index in [1.165, 1.54) is 14.2 Å². The number of esters is 1. The molecular formula is C27H34N2O6. The summed E-state index contributed by atoms with van der Waals surface area (Å²) in [5.41, 5.74) is 6.35. The Balaban J connectivity index is 1.77. The molecule has 3 rings (SSSR count). The van der Waals surface area contributed by atoms with Crippen molar-refractivity contribution < 1.29 is 29.0 Å². The van der Waals surface area contributed by atoms with E-state index >= 15 is 0 Å². The maximum Gasteiger partial charge on any atom is 0.328 e. The SMILES string of the molecule is CON=C(C(=O)N[C@@H](Cc1ccc(-c2c(C)cc(CO)cc2C)cc1)C(=O)OC)C1CCOCC1. The van der Waals surface area contributed by atoms with Crippen molar-refractivity contribution in [1.82, 2.24) is 5.32 Å². The molecule has 1 heterocycles. The maximum absolute atomic E-state index is 13.0. The summed E-state index contributed by atoms with van der Waals surface area (Å²) < 4.78 is 10.3. The molecule has 0 radical (unpaired) electrons. The fraction of sp³-hybridized carbons (Fsp3) is 0.444. The number of amides is 1. The minimum absolute atomic E-state index is 0.00681. The molecule has 8 nitrogen and oxygen atoms in total. The number of ether oxygens (including phenoxy) is 2. The zero-order valence-corrected chi connectivity index (χ0v) is 20.8. The van der Waals surface area contributed by atoms with Crippen LogP contribution in [0.2, 0.25) is 0 Å². The number of hydrogen-bond donors (Lipinski definition) is 2. The fourth-order valence-corrected chi connectivity index (χ4v) is 4.58. The van der Waals surface area contributed by atoms with E-state index in [2.05, 4.69) is 10.5 Å². The lowest BCUT2D eigenvalue weighted by Crippen LogP contribution is -2.47. The Morgan fingerprint density at radius 2 is 1.71 bits per heavy atom. The Kier molecular flexibility index (Phi) is 9.39. The molecule has 2 aromatic carbocycles. The molecule has 2 aromatic rings. The van der Waals surface area contributed by atoms with Gasteiger partial charge in [-0.25, -0.2) is 4.79 Å². The van der Waals surface area contributed by atoms with Crippen LogP contribution in [0.5, 0.6) is 0 Å². The number of methoxy groups -OCH3 is 1. The Morgan fingerprint density at radius 1 is 1.09 bits per heavy atom. The fourth-order valence-electron chi connectivity index (χ4n) is 4.58. The van der Waals surface area contributed by atoms with Gasteiger partial charge in [-0.3, -0.25) is 4.79 Å². The minimum atomic E-state index is -0.868. The molecule has 188 valence electrons. The van der Waals surface area contributed by atoms with Crippen LogP contribution in [0.25, 0.3) is 11.1 Å². The summed E-state index contributed by atoms with van der Waals surface area (Å²) in [5, 5.41) is 16.2. The minimum Gasteiger partial charge on any atom is -0.467 e. The van der Waals surface area contributed by atoms with Crippen LogP contribution in [-0.2, 0) is 36.9 Å². The molecule has 0 unspecified atom stereocenters. The Bertz CT molecular complexity index is 1030. The zero-order chi connectivity index (χ0) is 25.4. The van der Waals surface area contributed by atoms with E-state index in [0.717, 1.165) is 33.4 Å². The number of nitrogens with zero attached hydrogens (tertiary/aromatic N) is 1. The second-order valence-corrected chi connectivity index (χ2v) is 8.76. The zero-order valence-electron chi connectivity index (χ0n) is 20.8. The van der Waals surface area contributed by atoms with Crippen molar-refractivity contribution in [3.63, 3.8) is 0 Å². The summed E-state index contributed by atoms with van der Waals surface area (Å²) >= 11 is 0. The first kappa shape index (κ1) is 26.4. The highest BCUT2D eigenvalue weighted by Crippen LogP contribution is 2.29. The maximum atomic E-state index is 13.0. The lowest BCUT2D eigenvalue weighted by Gasteiger charge is -2.24. The number of rotatable bonds is 9. The summed E-state index contributed by atoms with van der Waals surface area (Å²) in [7, 11) is 2.70. The molecule has 1 amide bonds. The highest BCUT2D eigenvalue weighted by molar-refractivity contribution is 6.39. The third-order valence-corrected chi connectivity index (χ3v) is 6.28. The largest absolute Gasteiger partial charge is 0.467 e. The lowest BCUT2D eigenvalue weighted by atomic mass is 9.92. The molecule has 0 spiro atoms. The van der Waals surface area contributed by atoms with Gasteiger partial charge in [0.2, 0.25) is 0 Å². The molecule has 0 saturated carbocycles. The average Bonchev–Trinajstić information content (AvgIpc) is 2.87. The molecule has 2 N–H and O–H groups in total. The van der Waals surface area contributed by atoms with E-state index in [0.29, 0.717) is 26.1 Å². The van der Waals surface area contributed by atoms with Crippen molar-refractivity contribution in [2.45, 2.75) is 45.8 Å². The number of oxime groups is 1. The van der Waals surface area contributed by atoms with Crippen molar-refractivity contribution >= 4 is 17.6 Å². The molecule has 35 heavy (non-hydrogen) atoms. The van der Waals surface area contributed by atoms with E-state index in [4.69, 9.17) is 14.3 Å². The number of hydrogen-bond acceptors (Lipinski definition) is 7. The van der Waals surface area contributed by atoms with E-state index in [-0.39, 0.29) is 24.7 Å². The van der Waals surface area contributed by atoms with Gasteiger partial charge in [0.1, 0.15) is 18.9 Å². The third-order valence-electron chi connectivity index (χ3n) is 6.28. The van der Waals surface area contributed by atoms with E-state index < -0.39 is 17.9 Å². The summed E-state index contributed by atoms with van der Waals surface area (Å²) in [6, 6.07) is 11.0. The predicted octanol–water partition coefficient (Wildman–Crippen LogP) is 3.09. The predicted molar refractivity (Wildman–Crippen MR) is 133 cm³/mol. The van der Waals surface area contributed by atoms with Crippen molar-refractivity contribution in [3.05, 3.63) is 58.7 Å². The van der Waals surface area contributed by atoms with Crippen LogP contribution in [0.1, 0.15) is 35.1 Å². The number of carbonyl (C=O) groups excluding carboxylic acids is 2. The van der Waals surface area contributed by atoms with Gasteiger partial charge in [-0.1, -0.05) is 41.6 Å². The van der Waals surface area contributed by atoms with Gasteiger partial charge in [0.15, 0.2) is 0 Å². The first-order chi connectivity index (χ1) is 16.9. The standard InChI is InChI=1S/C27H34N2O6/c1-17-13-20(16-30)14-18(2)24(17)21-7-5-19(6-8-21)15-23(27(32)33-3)28-26(31)25(29-34-4)22-9-11-35-12-10-22/h5-8,13-14,22-23,30H,9-12,15-16H2,1-4H3,(H,28,31)/t23-/m0/s1. The lowest BCUT2D eigenvalue weighted by molar-refractivity contribution is -0.144. The van der Waals surface area contributed by atoms with Crippen molar-refractivity contribution in [2.24, 2.45) is 11.1 Å². The summed E-state index contributed by atoms with van der Waals surface area (Å²) in [6.45, 7) is 5.16. The van der Waals surface area contributed by atoms with Crippen LogP contribution in [0.3, 0.4) is 0 Å². The number of aryl methyl sites for hydroxylation is 2. The molecule has 1 atom stereocenters. The summed E-state index contributed by atoms with van der Waals surface area (Å²) in [6.07, 6.45) is 1.60. The average molecular weight is 483 g/mol. The highest BCUT2D eigenvalue weighted by Gasteiger charge is 2.30. The topological polar surface area (TPSA) is 106 Å². The van der Waals surface area contributed by atoms with Gasteiger partial charge in [0.05, 0.1) is 13.7 Å². The molecule has 1 aliphatic rings. The van der Waals surface area contributed by atoms with Gasteiger partial charge >= 0.3 is 5.97 Å². The van der Waals surface area contributed by atoms with E-state index in [9.17, 15) is 14.7 Å². The number of carbonyl (C=O) groups is 2. The Hall–Kier alpha value is -3.23. The van der Waals surface area contributed by atoms with Crippen LogP contribution in [-0.4, -0.2) is 56.2 Å². The summed E-state index contributed by atoms with van der Waals surface area (Å²) in [4.78, 5) is 30.4. The van der Waals surface area contributed by atoms with E-state index in [1.807, 2.05) is 50.2 Å². The smallest absolute Gasteiger partial charge is 0.328 e. The normalized spacial score (nSPS) is 15.4. The Morgan fingerprint density at radius 3 is 2.26 bits per heavy atom.